The highest BCUT2D eigenvalue weighted by Gasteiger charge is 2.09. The Morgan fingerprint density at radius 3 is 2.67 bits per heavy atom. The van der Waals surface area contributed by atoms with E-state index in [1.165, 1.54) is 0 Å². The van der Waals surface area contributed by atoms with Gasteiger partial charge in [-0.1, -0.05) is 17.7 Å². The maximum Gasteiger partial charge on any atom is 0.250 e. The Kier molecular flexibility index (Phi) is 2.38. The summed E-state index contributed by atoms with van der Waals surface area (Å²) in [5.74, 6) is -0.511. The van der Waals surface area contributed by atoms with Crippen molar-refractivity contribution in [3.63, 3.8) is 0 Å². The monoisotopic (exact) mass is 257 g/mol. The van der Waals surface area contributed by atoms with Crippen molar-refractivity contribution in [2.24, 2.45) is 5.73 Å². The van der Waals surface area contributed by atoms with Crippen molar-refractivity contribution in [1.29, 1.82) is 0 Å². The van der Waals surface area contributed by atoms with Crippen molar-refractivity contribution >= 4 is 39.6 Å². The number of carbonyl (C=O) groups excluding carboxylic acids is 1. The second-order valence-electron chi connectivity index (χ2n) is 3.89. The van der Waals surface area contributed by atoms with E-state index in [1.807, 2.05) is 0 Å². The van der Waals surface area contributed by atoms with Gasteiger partial charge in [-0.15, -0.1) is 0 Å². The summed E-state index contributed by atoms with van der Waals surface area (Å²) in [5.41, 5.74) is 8.20. The molecule has 4 nitrogen and oxygen atoms in total. The molecule has 3 rings (SSSR count). The normalized spacial score (nSPS) is 10.9. The average molecular weight is 258 g/mol. The van der Waals surface area contributed by atoms with E-state index < -0.39 is 5.91 Å². The Hall–Kier alpha value is -2.20. The van der Waals surface area contributed by atoms with Crippen LogP contribution in [0.15, 0.2) is 36.4 Å². The van der Waals surface area contributed by atoms with E-state index in [0.29, 0.717) is 32.7 Å². The fourth-order valence-corrected chi connectivity index (χ4v) is 2.04. The van der Waals surface area contributed by atoms with Crippen LogP contribution >= 0.6 is 11.6 Å². The number of benzene rings is 2. The molecule has 0 bridgehead atoms. The zero-order valence-electron chi connectivity index (χ0n) is 9.22. The van der Waals surface area contributed by atoms with Crippen LogP contribution in [0.2, 0.25) is 5.02 Å². The number of aromatic nitrogens is 2. The zero-order valence-corrected chi connectivity index (χ0v) is 9.98. The summed E-state index contributed by atoms with van der Waals surface area (Å²) in [7, 11) is 0. The molecule has 18 heavy (non-hydrogen) atoms. The average Bonchev–Trinajstić information content (AvgIpc) is 2.35. The summed E-state index contributed by atoms with van der Waals surface area (Å²) in [6, 6.07) is 10.4. The van der Waals surface area contributed by atoms with Gasteiger partial charge in [0.2, 0.25) is 0 Å². The summed E-state index contributed by atoms with van der Waals surface area (Å²) in [6.07, 6.45) is 0. The molecule has 1 aromatic heterocycles. The smallest absolute Gasteiger partial charge is 0.250 e. The molecule has 0 saturated heterocycles. The van der Waals surface area contributed by atoms with Gasteiger partial charge in [-0.25, -0.2) is 9.97 Å². The van der Waals surface area contributed by atoms with Crippen LogP contribution in [-0.4, -0.2) is 15.9 Å². The molecule has 0 radical (unpaired) electrons. The van der Waals surface area contributed by atoms with Gasteiger partial charge in [0.15, 0.2) is 0 Å². The van der Waals surface area contributed by atoms with E-state index in [2.05, 4.69) is 9.97 Å². The Morgan fingerprint density at radius 2 is 1.89 bits per heavy atom. The minimum absolute atomic E-state index is 0.372. The third-order valence-corrected chi connectivity index (χ3v) is 2.93. The van der Waals surface area contributed by atoms with Gasteiger partial charge in [0.25, 0.3) is 5.91 Å². The van der Waals surface area contributed by atoms with Gasteiger partial charge >= 0.3 is 0 Å². The molecule has 1 heterocycles. The minimum Gasteiger partial charge on any atom is -0.366 e. The number of fused-ring (bicyclic) bond motifs is 2. The minimum atomic E-state index is -0.511. The van der Waals surface area contributed by atoms with Gasteiger partial charge in [0.05, 0.1) is 22.1 Å². The molecule has 0 aliphatic rings. The van der Waals surface area contributed by atoms with E-state index in [-0.39, 0.29) is 0 Å². The number of rotatable bonds is 1. The van der Waals surface area contributed by atoms with Gasteiger partial charge in [-0.05, 0) is 30.3 Å². The number of halogens is 1. The molecule has 0 spiro atoms. The fourth-order valence-electron chi connectivity index (χ4n) is 1.87. The lowest BCUT2D eigenvalue weighted by molar-refractivity contribution is 0.100. The highest BCUT2D eigenvalue weighted by molar-refractivity contribution is 6.31. The number of amides is 1. The molecule has 0 aliphatic heterocycles. The van der Waals surface area contributed by atoms with Crippen LogP contribution in [0.1, 0.15) is 10.4 Å². The van der Waals surface area contributed by atoms with E-state index in [0.717, 1.165) is 0 Å². The number of nitrogens with two attached hydrogens (primary N) is 1. The third-order valence-electron chi connectivity index (χ3n) is 2.69. The first-order valence-electron chi connectivity index (χ1n) is 5.31. The molecular weight excluding hydrogens is 250 g/mol. The Morgan fingerprint density at radius 1 is 1.06 bits per heavy atom. The molecule has 0 saturated carbocycles. The molecule has 3 aromatic rings. The van der Waals surface area contributed by atoms with Crippen molar-refractivity contribution < 1.29 is 4.79 Å². The SMILES string of the molecule is NC(=O)c1cccc2nc3cc(Cl)ccc3nc12. The lowest BCUT2D eigenvalue weighted by Crippen LogP contribution is -2.12. The van der Waals surface area contributed by atoms with Gasteiger partial charge in [-0.3, -0.25) is 4.79 Å². The topological polar surface area (TPSA) is 68.9 Å². The molecule has 2 aromatic carbocycles. The van der Waals surface area contributed by atoms with Gasteiger partial charge in [0, 0.05) is 5.02 Å². The van der Waals surface area contributed by atoms with Gasteiger partial charge in [0.1, 0.15) is 5.52 Å². The van der Waals surface area contributed by atoms with E-state index in [4.69, 9.17) is 17.3 Å². The number of para-hydroxylation sites is 1. The van der Waals surface area contributed by atoms with Crippen LogP contribution < -0.4 is 5.73 Å². The van der Waals surface area contributed by atoms with Crippen molar-refractivity contribution in [2.45, 2.75) is 0 Å². The summed E-state index contributed by atoms with van der Waals surface area (Å²) in [5, 5.41) is 0.599. The predicted octanol–water partition coefficient (Wildman–Crippen LogP) is 2.54. The standard InChI is InChI=1S/C13H8ClN3O/c14-7-4-5-9-11(6-7)16-10-3-1-2-8(13(15)18)12(10)17-9/h1-6H,(H2,15,18). The lowest BCUT2D eigenvalue weighted by atomic mass is 10.1. The summed E-state index contributed by atoms with van der Waals surface area (Å²) >= 11 is 5.91. The maximum absolute atomic E-state index is 11.3. The van der Waals surface area contributed by atoms with Crippen LogP contribution in [0.25, 0.3) is 22.1 Å². The van der Waals surface area contributed by atoms with Crippen LogP contribution in [0.3, 0.4) is 0 Å². The first kappa shape index (κ1) is 10.9. The molecule has 0 fully saturated rings. The van der Waals surface area contributed by atoms with Crippen molar-refractivity contribution in [3.05, 3.63) is 47.0 Å². The van der Waals surface area contributed by atoms with Crippen LogP contribution in [0.4, 0.5) is 0 Å². The summed E-state index contributed by atoms with van der Waals surface area (Å²) < 4.78 is 0. The third kappa shape index (κ3) is 1.67. The molecule has 0 aliphatic carbocycles. The van der Waals surface area contributed by atoms with Crippen LogP contribution in [-0.2, 0) is 0 Å². The first-order chi connectivity index (χ1) is 8.65. The Balaban J connectivity index is 2.44. The van der Waals surface area contributed by atoms with Crippen LogP contribution in [0, 0.1) is 0 Å². The lowest BCUT2D eigenvalue weighted by Gasteiger charge is -2.04. The van der Waals surface area contributed by atoms with E-state index >= 15 is 0 Å². The number of primary amides is 1. The van der Waals surface area contributed by atoms with Crippen molar-refractivity contribution in [1.82, 2.24) is 9.97 Å². The van der Waals surface area contributed by atoms with Crippen LogP contribution in [0.5, 0.6) is 0 Å². The molecule has 88 valence electrons. The van der Waals surface area contributed by atoms with E-state index in [1.54, 1.807) is 36.4 Å². The van der Waals surface area contributed by atoms with Crippen molar-refractivity contribution in [2.75, 3.05) is 0 Å². The maximum atomic E-state index is 11.3. The zero-order chi connectivity index (χ0) is 12.7. The molecule has 5 heteroatoms. The second-order valence-corrected chi connectivity index (χ2v) is 4.33. The van der Waals surface area contributed by atoms with Gasteiger partial charge in [-0.2, -0.15) is 0 Å². The number of hydrogen-bond donors (Lipinski definition) is 1. The predicted molar refractivity (Wildman–Crippen MR) is 70.6 cm³/mol. The molecule has 0 atom stereocenters. The Bertz CT molecular complexity index is 786. The summed E-state index contributed by atoms with van der Waals surface area (Å²) in [6.45, 7) is 0. The number of hydrogen-bond acceptors (Lipinski definition) is 3. The number of nitrogens with zero attached hydrogens (tertiary/aromatic N) is 2. The number of carbonyl (C=O) groups is 1. The largest absolute Gasteiger partial charge is 0.366 e. The fraction of sp³-hybridized carbons (Fsp3) is 0. The second kappa shape index (κ2) is 3.92. The van der Waals surface area contributed by atoms with Crippen molar-refractivity contribution in [3.8, 4) is 0 Å². The van der Waals surface area contributed by atoms with Gasteiger partial charge < -0.3 is 5.73 Å². The highest BCUT2D eigenvalue weighted by atomic mass is 35.5. The quantitative estimate of drug-likeness (QED) is 0.681. The molecular formula is C13H8ClN3O. The summed E-state index contributed by atoms with van der Waals surface area (Å²) in [4.78, 5) is 20.2. The Labute approximate surface area is 107 Å². The molecule has 1 amide bonds. The first-order valence-corrected chi connectivity index (χ1v) is 5.69. The molecule has 0 unspecified atom stereocenters. The van der Waals surface area contributed by atoms with E-state index in [9.17, 15) is 4.79 Å². The highest BCUT2D eigenvalue weighted by Crippen LogP contribution is 2.21. The molecule has 2 N–H and O–H groups in total.